The van der Waals surface area contributed by atoms with Crippen LogP contribution in [0.4, 0.5) is 5.82 Å². The standard InChI is InChI=1S/C13H17N5OS/c1-3-4-9-5-12(19)18-13(17-9)20-8-10-6-16-11(14-2)7-15-10/h5-7H,3-4,8H2,1-2H3,(H,14,16)(H,17,18,19). The first-order valence-electron chi connectivity index (χ1n) is 6.43. The minimum absolute atomic E-state index is 0.109. The second kappa shape index (κ2) is 7.04. The van der Waals surface area contributed by atoms with Crippen molar-refractivity contribution >= 4 is 17.6 Å². The first-order chi connectivity index (χ1) is 9.71. The van der Waals surface area contributed by atoms with Crippen molar-refractivity contribution in [2.24, 2.45) is 0 Å². The van der Waals surface area contributed by atoms with Gasteiger partial charge in [0.1, 0.15) is 5.82 Å². The summed E-state index contributed by atoms with van der Waals surface area (Å²) < 4.78 is 0. The molecule has 0 radical (unpaired) electrons. The summed E-state index contributed by atoms with van der Waals surface area (Å²) in [5.41, 5.74) is 1.57. The highest BCUT2D eigenvalue weighted by Crippen LogP contribution is 2.17. The number of hydrogen-bond acceptors (Lipinski definition) is 6. The number of nitrogens with one attached hydrogen (secondary N) is 2. The number of nitrogens with zero attached hydrogens (tertiary/aromatic N) is 3. The number of H-pyrrole nitrogens is 1. The summed E-state index contributed by atoms with van der Waals surface area (Å²) in [5.74, 6) is 1.35. The summed E-state index contributed by atoms with van der Waals surface area (Å²) in [6.45, 7) is 2.06. The molecule has 2 heterocycles. The Bertz CT molecular complexity index is 611. The molecule has 0 saturated carbocycles. The molecule has 2 N–H and O–H groups in total. The number of thioether (sulfide) groups is 1. The highest BCUT2D eigenvalue weighted by atomic mass is 32.2. The summed E-state index contributed by atoms with van der Waals surface area (Å²) in [6.07, 6.45) is 5.18. The summed E-state index contributed by atoms with van der Waals surface area (Å²) in [7, 11) is 1.80. The Balaban J connectivity index is 2.04. The van der Waals surface area contributed by atoms with Crippen LogP contribution in [0.2, 0.25) is 0 Å². The van der Waals surface area contributed by atoms with Gasteiger partial charge >= 0.3 is 0 Å². The first-order valence-corrected chi connectivity index (χ1v) is 7.41. The minimum Gasteiger partial charge on any atom is -0.372 e. The molecule has 0 bridgehead atoms. The van der Waals surface area contributed by atoms with E-state index in [9.17, 15) is 4.79 Å². The van der Waals surface area contributed by atoms with Crippen molar-refractivity contribution in [3.05, 3.63) is 40.2 Å². The van der Waals surface area contributed by atoms with Gasteiger partial charge in [0, 0.05) is 24.6 Å². The largest absolute Gasteiger partial charge is 0.372 e. The van der Waals surface area contributed by atoms with Crippen molar-refractivity contribution in [2.45, 2.75) is 30.7 Å². The predicted molar refractivity (Wildman–Crippen MR) is 80.0 cm³/mol. The fourth-order valence-corrected chi connectivity index (χ4v) is 2.42. The van der Waals surface area contributed by atoms with E-state index >= 15 is 0 Å². The Hall–Kier alpha value is -1.89. The zero-order chi connectivity index (χ0) is 14.4. The SMILES string of the molecule is CCCc1cc(=O)[nH]c(SCc2cnc(NC)cn2)n1. The molecule has 106 valence electrons. The van der Waals surface area contributed by atoms with E-state index < -0.39 is 0 Å². The molecule has 6 nitrogen and oxygen atoms in total. The Kier molecular flexibility index (Phi) is 5.11. The normalized spacial score (nSPS) is 10.5. The third-order valence-corrected chi connectivity index (χ3v) is 3.50. The second-order valence-corrected chi connectivity index (χ2v) is 5.19. The van der Waals surface area contributed by atoms with Gasteiger partial charge in [0.15, 0.2) is 5.16 Å². The van der Waals surface area contributed by atoms with E-state index in [0.717, 1.165) is 30.0 Å². The molecule has 0 aliphatic carbocycles. The van der Waals surface area contributed by atoms with Gasteiger partial charge in [0.05, 0.1) is 18.1 Å². The number of hydrogen-bond donors (Lipinski definition) is 2. The smallest absolute Gasteiger partial charge is 0.251 e. The molecule has 2 aromatic heterocycles. The lowest BCUT2D eigenvalue weighted by Crippen LogP contribution is -2.10. The molecule has 0 aliphatic heterocycles. The summed E-state index contributed by atoms with van der Waals surface area (Å²) in [5, 5.41) is 3.54. The van der Waals surface area contributed by atoms with Crippen molar-refractivity contribution in [1.82, 2.24) is 19.9 Å². The first kappa shape index (κ1) is 14.5. The molecule has 0 spiro atoms. The molecule has 0 aromatic carbocycles. The van der Waals surface area contributed by atoms with Gasteiger partial charge in [-0.1, -0.05) is 25.1 Å². The van der Waals surface area contributed by atoms with Crippen LogP contribution in [0, 0.1) is 0 Å². The quantitative estimate of drug-likeness (QED) is 0.624. The van der Waals surface area contributed by atoms with Gasteiger partial charge < -0.3 is 10.3 Å². The second-order valence-electron chi connectivity index (χ2n) is 4.22. The van der Waals surface area contributed by atoms with Crippen molar-refractivity contribution in [2.75, 3.05) is 12.4 Å². The van der Waals surface area contributed by atoms with Gasteiger partial charge in [-0.2, -0.15) is 0 Å². The maximum atomic E-state index is 11.5. The van der Waals surface area contributed by atoms with E-state index in [0.29, 0.717) is 10.9 Å². The van der Waals surface area contributed by atoms with Crippen LogP contribution >= 0.6 is 11.8 Å². The molecule has 2 aromatic rings. The molecular formula is C13H17N5OS. The maximum absolute atomic E-state index is 11.5. The van der Waals surface area contributed by atoms with Gasteiger partial charge in [-0.05, 0) is 6.42 Å². The molecule has 0 aliphatic rings. The van der Waals surface area contributed by atoms with Gasteiger partial charge in [-0.3, -0.25) is 9.78 Å². The fraction of sp³-hybridized carbons (Fsp3) is 0.385. The topological polar surface area (TPSA) is 83.6 Å². The third kappa shape index (κ3) is 4.06. The van der Waals surface area contributed by atoms with Crippen molar-refractivity contribution in [3.63, 3.8) is 0 Å². The van der Waals surface area contributed by atoms with Crippen LogP contribution in [0.25, 0.3) is 0 Å². The predicted octanol–water partition coefficient (Wildman–Crippen LogP) is 1.85. The summed E-state index contributed by atoms with van der Waals surface area (Å²) >= 11 is 1.45. The third-order valence-electron chi connectivity index (χ3n) is 2.60. The van der Waals surface area contributed by atoms with E-state index in [1.54, 1.807) is 25.5 Å². The number of rotatable bonds is 6. The molecule has 0 fully saturated rings. The van der Waals surface area contributed by atoms with Gasteiger partial charge in [-0.25, -0.2) is 9.97 Å². The van der Waals surface area contributed by atoms with E-state index in [2.05, 4.69) is 32.2 Å². The van der Waals surface area contributed by atoms with E-state index in [4.69, 9.17) is 0 Å². The van der Waals surface area contributed by atoms with Gasteiger partial charge in [-0.15, -0.1) is 0 Å². The van der Waals surface area contributed by atoms with E-state index in [-0.39, 0.29) is 5.56 Å². The Morgan fingerprint density at radius 2 is 2.15 bits per heavy atom. The molecule has 7 heteroatoms. The number of aromatic amines is 1. The van der Waals surface area contributed by atoms with Crippen LogP contribution in [-0.4, -0.2) is 27.0 Å². The Labute approximate surface area is 121 Å². The van der Waals surface area contributed by atoms with Crippen LogP contribution in [0.5, 0.6) is 0 Å². The van der Waals surface area contributed by atoms with E-state index in [1.165, 1.54) is 11.8 Å². The number of anilines is 1. The summed E-state index contributed by atoms with van der Waals surface area (Å²) in [6, 6.07) is 1.55. The zero-order valence-electron chi connectivity index (χ0n) is 11.5. The van der Waals surface area contributed by atoms with Crippen LogP contribution in [0.3, 0.4) is 0 Å². The van der Waals surface area contributed by atoms with Crippen LogP contribution < -0.4 is 10.9 Å². The van der Waals surface area contributed by atoms with Crippen LogP contribution in [0.15, 0.2) is 28.4 Å². The Morgan fingerprint density at radius 3 is 2.80 bits per heavy atom. The average molecular weight is 291 g/mol. The molecule has 0 saturated heterocycles. The van der Waals surface area contributed by atoms with Gasteiger partial charge in [0.2, 0.25) is 0 Å². The molecular weight excluding hydrogens is 274 g/mol. The molecule has 0 amide bonds. The average Bonchev–Trinajstić information content (AvgIpc) is 2.45. The van der Waals surface area contributed by atoms with Crippen molar-refractivity contribution in [3.8, 4) is 0 Å². The minimum atomic E-state index is -0.109. The summed E-state index contributed by atoms with van der Waals surface area (Å²) in [4.78, 5) is 27.2. The van der Waals surface area contributed by atoms with Gasteiger partial charge in [0.25, 0.3) is 5.56 Å². The lowest BCUT2D eigenvalue weighted by atomic mass is 10.2. The Morgan fingerprint density at radius 1 is 1.30 bits per heavy atom. The lowest BCUT2D eigenvalue weighted by Gasteiger charge is -2.04. The van der Waals surface area contributed by atoms with Crippen LogP contribution in [0.1, 0.15) is 24.7 Å². The molecule has 2 rings (SSSR count). The number of aryl methyl sites for hydroxylation is 1. The van der Waals surface area contributed by atoms with E-state index in [1.807, 2.05) is 0 Å². The van der Waals surface area contributed by atoms with Crippen molar-refractivity contribution < 1.29 is 0 Å². The highest BCUT2D eigenvalue weighted by molar-refractivity contribution is 7.98. The highest BCUT2D eigenvalue weighted by Gasteiger charge is 2.03. The van der Waals surface area contributed by atoms with Crippen molar-refractivity contribution in [1.29, 1.82) is 0 Å². The molecule has 0 atom stereocenters. The maximum Gasteiger partial charge on any atom is 0.251 e. The van der Waals surface area contributed by atoms with Crippen LogP contribution in [-0.2, 0) is 12.2 Å². The molecule has 20 heavy (non-hydrogen) atoms. The zero-order valence-corrected chi connectivity index (χ0v) is 12.3. The lowest BCUT2D eigenvalue weighted by molar-refractivity contribution is 0.815. The monoisotopic (exact) mass is 291 g/mol. The molecule has 0 unspecified atom stereocenters. The fourth-order valence-electron chi connectivity index (χ4n) is 1.64. The number of aromatic nitrogens is 4.